The minimum Gasteiger partial charge on any atom is -0.356 e. The predicted molar refractivity (Wildman–Crippen MR) is 103 cm³/mol. The van der Waals surface area contributed by atoms with Crippen LogP contribution in [0.15, 0.2) is 24.3 Å². The van der Waals surface area contributed by atoms with E-state index in [0.29, 0.717) is 24.4 Å². The lowest BCUT2D eigenvalue weighted by Crippen LogP contribution is -2.53. The van der Waals surface area contributed by atoms with E-state index in [-0.39, 0.29) is 17.2 Å². The number of hydrogen-bond donors (Lipinski definition) is 2. The summed E-state index contributed by atoms with van der Waals surface area (Å²) in [7, 11) is 0. The van der Waals surface area contributed by atoms with Crippen molar-refractivity contribution in [2.45, 2.75) is 51.4 Å². The predicted octanol–water partition coefficient (Wildman–Crippen LogP) is 4.39. The number of amides is 2. The second kappa shape index (κ2) is 7.22. The van der Waals surface area contributed by atoms with Crippen LogP contribution in [0.1, 0.15) is 51.4 Å². The molecule has 4 aliphatic carbocycles. The number of halogens is 1. The molecule has 0 aromatic heterocycles. The maximum absolute atomic E-state index is 12.8. The number of rotatable bonds is 6. The maximum Gasteiger partial charge on any atom is 0.226 e. The minimum atomic E-state index is -0.0969. The molecule has 1 aromatic rings. The molecule has 2 amide bonds. The van der Waals surface area contributed by atoms with Gasteiger partial charge in [0.05, 0.1) is 0 Å². The number of hydrogen-bond acceptors (Lipinski definition) is 2. The van der Waals surface area contributed by atoms with Gasteiger partial charge in [0.25, 0.3) is 0 Å². The van der Waals surface area contributed by atoms with E-state index in [4.69, 9.17) is 11.6 Å². The van der Waals surface area contributed by atoms with Gasteiger partial charge in [0.1, 0.15) is 0 Å². The van der Waals surface area contributed by atoms with E-state index in [2.05, 4.69) is 10.6 Å². The number of carbonyl (C=O) groups is 2. The summed E-state index contributed by atoms with van der Waals surface area (Å²) in [5.74, 6) is 2.54. The van der Waals surface area contributed by atoms with Gasteiger partial charge in [0.2, 0.25) is 11.8 Å². The maximum atomic E-state index is 12.8. The highest BCUT2D eigenvalue weighted by atomic mass is 35.5. The molecule has 5 rings (SSSR count). The van der Waals surface area contributed by atoms with Crippen molar-refractivity contribution in [1.82, 2.24) is 5.32 Å². The number of benzene rings is 1. The van der Waals surface area contributed by atoms with Crippen molar-refractivity contribution in [3.05, 3.63) is 29.3 Å². The lowest BCUT2D eigenvalue weighted by molar-refractivity contribution is -0.146. The van der Waals surface area contributed by atoms with Crippen molar-refractivity contribution < 1.29 is 9.59 Å². The van der Waals surface area contributed by atoms with E-state index >= 15 is 0 Å². The molecule has 0 atom stereocenters. The Morgan fingerprint density at radius 2 is 1.58 bits per heavy atom. The van der Waals surface area contributed by atoms with Gasteiger partial charge in [-0.15, -0.1) is 0 Å². The van der Waals surface area contributed by atoms with E-state index in [1.807, 2.05) is 0 Å². The Balaban J connectivity index is 1.21. The third-order valence-corrected chi connectivity index (χ3v) is 6.77. The molecular weight excluding hydrogens is 348 g/mol. The van der Waals surface area contributed by atoms with Crippen molar-refractivity contribution in [3.63, 3.8) is 0 Å². The van der Waals surface area contributed by atoms with Gasteiger partial charge in [-0.2, -0.15) is 0 Å². The molecule has 2 N–H and O–H groups in total. The van der Waals surface area contributed by atoms with E-state index in [1.54, 1.807) is 24.3 Å². The Labute approximate surface area is 160 Å². The molecule has 4 saturated carbocycles. The molecule has 140 valence electrons. The summed E-state index contributed by atoms with van der Waals surface area (Å²) in [5, 5.41) is 6.63. The summed E-state index contributed by atoms with van der Waals surface area (Å²) in [4.78, 5) is 24.8. The topological polar surface area (TPSA) is 58.2 Å². The Morgan fingerprint density at radius 1 is 1.00 bits per heavy atom. The number of carbonyl (C=O) groups excluding carboxylic acids is 2. The zero-order valence-corrected chi connectivity index (χ0v) is 15.9. The second-order valence-electron chi connectivity index (χ2n) is 8.61. The van der Waals surface area contributed by atoms with Gasteiger partial charge < -0.3 is 10.6 Å². The van der Waals surface area contributed by atoms with Gasteiger partial charge in [-0.1, -0.05) is 11.6 Å². The van der Waals surface area contributed by atoms with Crippen molar-refractivity contribution in [1.29, 1.82) is 0 Å². The lowest BCUT2D eigenvalue weighted by Gasteiger charge is -2.55. The van der Waals surface area contributed by atoms with E-state index in [1.165, 1.54) is 19.3 Å². The SMILES string of the molecule is O=C(CCCNC(=O)C12CC3CC(CC(C3)C1)C2)Nc1ccc(Cl)cc1. The lowest BCUT2D eigenvalue weighted by atomic mass is 9.49. The first kappa shape index (κ1) is 17.8. The summed E-state index contributed by atoms with van der Waals surface area (Å²) < 4.78 is 0. The van der Waals surface area contributed by atoms with Crippen LogP contribution < -0.4 is 10.6 Å². The third-order valence-electron chi connectivity index (χ3n) is 6.51. The van der Waals surface area contributed by atoms with Crippen molar-refractivity contribution >= 4 is 29.1 Å². The van der Waals surface area contributed by atoms with Gasteiger partial charge in [0.15, 0.2) is 0 Å². The van der Waals surface area contributed by atoms with Crippen molar-refractivity contribution in [2.75, 3.05) is 11.9 Å². The van der Waals surface area contributed by atoms with Crippen LogP contribution in [0.3, 0.4) is 0 Å². The van der Waals surface area contributed by atoms with Crippen LogP contribution in [0.25, 0.3) is 0 Å². The van der Waals surface area contributed by atoms with Crippen molar-refractivity contribution in [3.8, 4) is 0 Å². The largest absolute Gasteiger partial charge is 0.356 e. The first-order valence-corrected chi connectivity index (χ1v) is 10.2. The molecule has 0 spiro atoms. The van der Waals surface area contributed by atoms with Crippen LogP contribution in [0.5, 0.6) is 0 Å². The molecule has 0 heterocycles. The fraction of sp³-hybridized carbons (Fsp3) is 0.619. The molecule has 4 fully saturated rings. The quantitative estimate of drug-likeness (QED) is 0.725. The molecule has 4 aliphatic rings. The minimum absolute atomic E-state index is 0.0311. The smallest absolute Gasteiger partial charge is 0.226 e. The van der Waals surface area contributed by atoms with E-state index < -0.39 is 0 Å². The monoisotopic (exact) mass is 374 g/mol. The Bertz CT molecular complexity index is 650. The third kappa shape index (κ3) is 3.75. The zero-order chi connectivity index (χ0) is 18.1. The molecule has 0 unspecified atom stereocenters. The van der Waals surface area contributed by atoms with Crippen LogP contribution in [-0.2, 0) is 9.59 Å². The molecule has 4 nitrogen and oxygen atoms in total. The Hall–Kier alpha value is -1.55. The molecule has 0 radical (unpaired) electrons. The fourth-order valence-corrected chi connectivity index (χ4v) is 5.91. The molecule has 5 heteroatoms. The van der Waals surface area contributed by atoms with Gasteiger partial charge in [-0.25, -0.2) is 0 Å². The number of nitrogens with one attached hydrogen (secondary N) is 2. The highest BCUT2D eigenvalue weighted by Crippen LogP contribution is 2.60. The summed E-state index contributed by atoms with van der Waals surface area (Å²) in [6, 6.07) is 7.08. The van der Waals surface area contributed by atoms with Gasteiger partial charge in [-0.05, 0) is 87.0 Å². The highest BCUT2D eigenvalue weighted by Gasteiger charge is 2.54. The molecule has 0 saturated heterocycles. The van der Waals surface area contributed by atoms with Crippen LogP contribution in [0.4, 0.5) is 5.69 Å². The molecule has 0 aliphatic heterocycles. The standard InChI is InChI=1S/C21H27ClN2O2/c22-17-3-5-18(6-4-17)24-19(25)2-1-7-23-20(26)21-11-14-8-15(12-21)10-16(9-14)13-21/h3-6,14-16H,1-2,7-13H2,(H,23,26)(H,24,25). The van der Waals surface area contributed by atoms with E-state index in [0.717, 1.165) is 42.7 Å². The Morgan fingerprint density at radius 3 is 2.15 bits per heavy atom. The first-order chi connectivity index (χ1) is 12.5. The average molecular weight is 375 g/mol. The summed E-state index contributed by atoms with van der Waals surface area (Å²) in [6.45, 7) is 0.578. The van der Waals surface area contributed by atoms with Crippen LogP contribution in [0, 0.1) is 23.2 Å². The average Bonchev–Trinajstić information content (AvgIpc) is 2.59. The normalized spacial score (nSPS) is 31.7. The molecule has 4 bridgehead atoms. The summed E-state index contributed by atoms with van der Waals surface area (Å²) >= 11 is 5.84. The number of anilines is 1. The van der Waals surface area contributed by atoms with Gasteiger partial charge >= 0.3 is 0 Å². The van der Waals surface area contributed by atoms with Crippen LogP contribution >= 0.6 is 11.6 Å². The molecule has 26 heavy (non-hydrogen) atoms. The molecular formula is C21H27ClN2O2. The molecule has 1 aromatic carbocycles. The van der Waals surface area contributed by atoms with E-state index in [9.17, 15) is 9.59 Å². The first-order valence-electron chi connectivity index (χ1n) is 9.86. The Kier molecular flexibility index (Phi) is 4.96. The van der Waals surface area contributed by atoms with Crippen LogP contribution in [-0.4, -0.2) is 18.4 Å². The van der Waals surface area contributed by atoms with Crippen LogP contribution in [0.2, 0.25) is 5.02 Å². The second-order valence-corrected chi connectivity index (χ2v) is 9.05. The van der Waals surface area contributed by atoms with Crippen molar-refractivity contribution in [2.24, 2.45) is 23.2 Å². The van der Waals surface area contributed by atoms with Gasteiger partial charge in [-0.3, -0.25) is 9.59 Å². The highest BCUT2D eigenvalue weighted by molar-refractivity contribution is 6.30. The fourth-order valence-electron chi connectivity index (χ4n) is 5.78. The summed E-state index contributed by atoms with van der Waals surface area (Å²) in [6.07, 6.45) is 8.36. The summed E-state index contributed by atoms with van der Waals surface area (Å²) in [5.41, 5.74) is 0.650. The zero-order valence-electron chi connectivity index (χ0n) is 15.1. The van der Waals surface area contributed by atoms with Gasteiger partial charge in [0, 0.05) is 29.1 Å².